The van der Waals surface area contributed by atoms with Gasteiger partial charge in [0.05, 0.1) is 11.6 Å². The van der Waals surface area contributed by atoms with E-state index in [1.807, 2.05) is 12.1 Å². The van der Waals surface area contributed by atoms with Crippen LogP contribution in [0.25, 0.3) is 5.69 Å². The van der Waals surface area contributed by atoms with Crippen molar-refractivity contribution < 1.29 is 14.1 Å². The smallest absolute Gasteiger partial charge is 0.276 e. The normalized spacial score (nSPS) is 16.8. The molecule has 3 heterocycles. The van der Waals surface area contributed by atoms with E-state index in [0.29, 0.717) is 24.5 Å². The maximum Gasteiger partial charge on any atom is 0.276 e. The van der Waals surface area contributed by atoms with Crippen LogP contribution < -0.4 is 5.32 Å². The van der Waals surface area contributed by atoms with Crippen LogP contribution in [0.5, 0.6) is 0 Å². The number of piperidine rings is 1. The quantitative estimate of drug-likeness (QED) is 0.726. The highest BCUT2D eigenvalue weighted by Gasteiger charge is 2.30. The lowest BCUT2D eigenvalue weighted by molar-refractivity contribution is -0.121. The third kappa shape index (κ3) is 3.75. The molecule has 1 atom stereocenters. The summed E-state index contributed by atoms with van der Waals surface area (Å²) in [6.07, 6.45) is 2.96. The van der Waals surface area contributed by atoms with Crippen molar-refractivity contribution in [3.63, 3.8) is 0 Å². The Hall–Kier alpha value is -3.56. The molecule has 1 N–H and O–H groups in total. The number of hydrogen-bond donors (Lipinski definition) is 1. The summed E-state index contributed by atoms with van der Waals surface area (Å²) < 4.78 is 6.49. The molecular formula is C18H19N7O3. The van der Waals surface area contributed by atoms with Crippen molar-refractivity contribution >= 4 is 17.5 Å². The summed E-state index contributed by atoms with van der Waals surface area (Å²) in [5.41, 5.74) is 1.66. The number of rotatable bonds is 4. The van der Waals surface area contributed by atoms with Crippen LogP contribution in [0.2, 0.25) is 0 Å². The number of likely N-dealkylation sites (tertiary alicyclic amines) is 1. The van der Waals surface area contributed by atoms with Crippen molar-refractivity contribution in [2.45, 2.75) is 19.8 Å². The van der Waals surface area contributed by atoms with Crippen LogP contribution in [0.4, 0.5) is 5.69 Å². The first-order valence-electron chi connectivity index (χ1n) is 8.97. The van der Waals surface area contributed by atoms with Crippen molar-refractivity contribution in [1.82, 2.24) is 30.3 Å². The fourth-order valence-corrected chi connectivity index (χ4v) is 3.25. The van der Waals surface area contributed by atoms with Gasteiger partial charge >= 0.3 is 0 Å². The first-order valence-corrected chi connectivity index (χ1v) is 8.97. The van der Waals surface area contributed by atoms with E-state index in [0.717, 1.165) is 18.5 Å². The van der Waals surface area contributed by atoms with Crippen LogP contribution in [0.3, 0.4) is 0 Å². The fourth-order valence-electron chi connectivity index (χ4n) is 3.25. The molecule has 0 aliphatic carbocycles. The molecular weight excluding hydrogens is 362 g/mol. The summed E-state index contributed by atoms with van der Waals surface area (Å²) in [6.45, 7) is 2.69. The van der Waals surface area contributed by atoms with E-state index in [9.17, 15) is 9.59 Å². The van der Waals surface area contributed by atoms with Crippen LogP contribution in [0, 0.1) is 12.8 Å². The van der Waals surface area contributed by atoms with E-state index in [4.69, 9.17) is 4.52 Å². The minimum atomic E-state index is -0.289. The van der Waals surface area contributed by atoms with Gasteiger partial charge in [-0.3, -0.25) is 9.59 Å². The molecule has 3 aromatic rings. The molecule has 0 bridgehead atoms. The molecule has 1 aromatic carbocycles. The van der Waals surface area contributed by atoms with Gasteiger partial charge in [0, 0.05) is 24.8 Å². The van der Waals surface area contributed by atoms with Crippen LogP contribution in [0.15, 0.2) is 41.2 Å². The van der Waals surface area contributed by atoms with E-state index in [1.165, 1.54) is 11.0 Å². The van der Waals surface area contributed by atoms with Crippen LogP contribution in [-0.4, -0.2) is 55.2 Å². The summed E-state index contributed by atoms with van der Waals surface area (Å²) in [7, 11) is 0. The number of anilines is 1. The predicted molar refractivity (Wildman–Crippen MR) is 97.7 cm³/mol. The molecule has 1 saturated heterocycles. The molecule has 2 amide bonds. The number of aromatic nitrogens is 5. The topological polar surface area (TPSA) is 119 Å². The Morgan fingerprint density at radius 2 is 2.18 bits per heavy atom. The maximum absolute atomic E-state index is 12.7. The van der Waals surface area contributed by atoms with Gasteiger partial charge in [0.1, 0.15) is 12.1 Å². The van der Waals surface area contributed by atoms with Gasteiger partial charge in [0.15, 0.2) is 5.69 Å². The third-order valence-electron chi connectivity index (χ3n) is 4.65. The lowest BCUT2D eigenvalue weighted by Gasteiger charge is -2.31. The molecule has 0 saturated carbocycles. The van der Waals surface area contributed by atoms with E-state index in [1.54, 1.807) is 30.0 Å². The average Bonchev–Trinajstić information content (AvgIpc) is 3.40. The second-order valence-electron chi connectivity index (χ2n) is 6.71. The molecule has 0 unspecified atom stereocenters. The first kappa shape index (κ1) is 17.8. The second-order valence-corrected chi connectivity index (χ2v) is 6.71. The maximum atomic E-state index is 12.7. The summed E-state index contributed by atoms with van der Waals surface area (Å²) in [4.78, 5) is 27.0. The minimum Gasteiger partial charge on any atom is -0.361 e. The lowest BCUT2D eigenvalue weighted by Crippen LogP contribution is -2.43. The molecule has 0 radical (unpaired) electrons. The van der Waals surface area contributed by atoms with Gasteiger partial charge in [-0.05, 0) is 48.4 Å². The van der Waals surface area contributed by atoms with Crippen LogP contribution in [-0.2, 0) is 4.79 Å². The Morgan fingerprint density at radius 1 is 1.29 bits per heavy atom. The van der Waals surface area contributed by atoms with Gasteiger partial charge in [-0.25, -0.2) is 4.68 Å². The summed E-state index contributed by atoms with van der Waals surface area (Å²) in [6, 6.07) is 8.85. The summed E-state index contributed by atoms with van der Waals surface area (Å²) >= 11 is 0. The molecule has 10 heteroatoms. The largest absolute Gasteiger partial charge is 0.361 e. The number of carbonyl (C=O) groups is 2. The van der Waals surface area contributed by atoms with E-state index in [-0.39, 0.29) is 23.4 Å². The Bertz CT molecular complexity index is 983. The highest BCUT2D eigenvalue weighted by molar-refractivity contribution is 5.95. The van der Waals surface area contributed by atoms with Gasteiger partial charge < -0.3 is 14.7 Å². The van der Waals surface area contributed by atoms with Gasteiger partial charge in [-0.1, -0.05) is 11.2 Å². The Labute approximate surface area is 160 Å². The Kier molecular flexibility index (Phi) is 4.83. The van der Waals surface area contributed by atoms with Crippen molar-refractivity contribution in [3.05, 3.63) is 48.1 Å². The fraction of sp³-hybridized carbons (Fsp3) is 0.333. The monoisotopic (exact) mass is 381 g/mol. The van der Waals surface area contributed by atoms with E-state index >= 15 is 0 Å². The zero-order chi connectivity index (χ0) is 19.5. The highest BCUT2D eigenvalue weighted by Crippen LogP contribution is 2.21. The molecule has 28 heavy (non-hydrogen) atoms. The molecule has 1 fully saturated rings. The Balaban J connectivity index is 1.42. The van der Waals surface area contributed by atoms with Gasteiger partial charge in [0.2, 0.25) is 5.91 Å². The number of nitrogens with one attached hydrogen (secondary N) is 1. The molecule has 4 rings (SSSR count). The number of amides is 2. The van der Waals surface area contributed by atoms with E-state index < -0.39 is 0 Å². The van der Waals surface area contributed by atoms with Crippen molar-refractivity contribution in [2.24, 2.45) is 5.92 Å². The number of aryl methyl sites for hydroxylation is 1. The van der Waals surface area contributed by atoms with Crippen molar-refractivity contribution in [3.8, 4) is 5.69 Å². The molecule has 2 aromatic heterocycles. The van der Waals surface area contributed by atoms with Crippen LogP contribution in [0.1, 0.15) is 29.1 Å². The summed E-state index contributed by atoms with van der Waals surface area (Å²) in [5.74, 6) is -0.0442. The van der Waals surface area contributed by atoms with Gasteiger partial charge in [-0.15, -0.1) is 5.10 Å². The molecule has 1 aliphatic heterocycles. The number of nitrogens with zero attached hydrogens (tertiary/aromatic N) is 6. The SMILES string of the molecule is Cc1cc(C(=O)N2CCC[C@H](C(=O)Nc3cccc(-n4cnnn4)c3)C2)no1. The highest BCUT2D eigenvalue weighted by atomic mass is 16.5. The minimum absolute atomic E-state index is 0.123. The number of carbonyl (C=O) groups excluding carboxylic acids is 2. The van der Waals surface area contributed by atoms with Crippen molar-refractivity contribution in [2.75, 3.05) is 18.4 Å². The number of tetrazole rings is 1. The van der Waals surface area contributed by atoms with Gasteiger partial charge in [0.25, 0.3) is 5.91 Å². The summed E-state index contributed by atoms with van der Waals surface area (Å²) in [5, 5.41) is 17.8. The van der Waals surface area contributed by atoms with Gasteiger partial charge in [-0.2, -0.15) is 0 Å². The second kappa shape index (κ2) is 7.59. The van der Waals surface area contributed by atoms with E-state index in [2.05, 4.69) is 26.0 Å². The molecule has 144 valence electrons. The third-order valence-corrected chi connectivity index (χ3v) is 4.65. The zero-order valence-corrected chi connectivity index (χ0v) is 15.3. The first-order chi connectivity index (χ1) is 13.6. The molecule has 1 aliphatic rings. The number of benzene rings is 1. The predicted octanol–water partition coefficient (Wildman–Crippen LogP) is 1.45. The Morgan fingerprint density at radius 3 is 2.93 bits per heavy atom. The molecule has 0 spiro atoms. The average molecular weight is 381 g/mol. The lowest BCUT2D eigenvalue weighted by atomic mass is 9.96. The number of hydrogen-bond acceptors (Lipinski definition) is 7. The standard InChI is InChI=1S/C18H19N7O3/c1-12-8-16(21-28-12)18(27)24-7-3-4-13(10-24)17(26)20-14-5-2-6-15(9-14)25-11-19-22-23-25/h2,5-6,8-9,11,13H,3-4,7,10H2,1H3,(H,20,26)/t13-/m0/s1. The zero-order valence-electron chi connectivity index (χ0n) is 15.3. The molecule has 10 nitrogen and oxygen atoms in total. The van der Waals surface area contributed by atoms with Crippen molar-refractivity contribution in [1.29, 1.82) is 0 Å². The van der Waals surface area contributed by atoms with Crippen LogP contribution >= 0.6 is 0 Å².